The Balaban J connectivity index is 1.42. The Labute approximate surface area is 161 Å². The molecule has 2 unspecified atom stereocenters. The number of amides is 1. The fourth-order valence-corrected chi connectivity index (χ4v) is 3.80. The summed E-state index contributed by atoms with van der Waals surface area (Å²) in [5.74, 6) is 1.19. The molecule has 2 aromatic rings. The zero-order valence-electron chi connectivity index (χ0n) is 15.7. The van der Waals surface area contributed by atoms with E-state index in [9.17, 15) is 13.6 Å². The van der Waals surface area contributed by atoms with Crippen molar-refractivity contribution in [3.8, 4) is 5.75 Å². The molecule has 3 heterocycles. The topological polar surface area (TPSA) is 65.4 Å². The van der Waals surface area contributed by atoms with E-state index in [1.165, 1.54) is 12.1 Å². The summed E-state index contributed by atoms with van der Waals surface area (Å²) in [6.07, 6.45) is 1.48. The lowest BCUT2D eigenvalue weighted by Gasteiger charge is -2.26. The molecule has 0 saturated carbocycles. The summed E-state index contributed by atoms with van der Waals surface area (Å²) in [6, 6.07) is 4.09. The standard InChI is InChI=1S/C20H23F2N3O3/c1-2-27-15-4-6-18-24-16(10-25(18)9-15)20(26)23-14-8-13-7-12(19(21)22)3-5-17(13)28-11-14/h3,5,7,10,14-15,19H,2,4,6,8-9,11H2,1H3,(H,23,26). The summed E-state index contributed by atoms with van der Waals surface area (Å²) in [5.41, 5.74) is 0.997. The number of ether oxygens (including phenoxy) is 2. The van der Waals surface area contributed by atoms with Crippen LogP contribution in [0.3, 0.4) is 0 Å². The molecular formula is C20H23F2N3O3. The Morgan fingerprint density at radius 1 is 1.46 bits per heavy atom. The van der Waals surface area contributed by atoms with Gasteiger partial charge < -0.3 is 19.4 Å². The molecule has 0 saturated heterocycles. The minimum absolute atomic E-state index is 0.0417. The molecule has 0 radical (unpaired) electrons. The van der Waals surface area contributed by atoms with Crippen molar-refractivity contribution in [3.05, 3.63) is 47.0 Å². The molecule has 2 aliphatic rings. The van der Waals surface area contributed by atoms with Crippen LogP contribution in [0, 0.1) is 0 Å². The van der Waals surface area contributed by atoms with E-state index in [2.05, 4.69) is 10.3 Å². The van der Waals surface area contributed by atoms with Gasteiger partial charge in [-0.3, -0.25) is 4.79 Å². The van der Waals surface area contributed by atoms with Gasteiger partial charge >= 0.3 is 0 Å². The quantitative estimate of drug-likeness (QED) is 0.851. The first-order chi connectivity index (χ1) is 13.5. The van der Waals surface area contributed by atoms with Gasteiger partial charge in [0.2, 0.25) is 0 Å². The first-order valence-electron chi connectivity index (χ1n) is 9.55. The van der Waals surface area contributed by atoms with E-state index in [-0.39, 0.29) is 23.6 Å². The van der Waals surface area contributed by atoms with E-state index in [1.54, 1.807) is 12.3 Å². The molecule has 1 amide bonds. The maximum Gasteiger partial charge on any atom is 0.271 e. The van der Waals surface area contributed by atoms with Crippen molar-refractivity contribution >= 4 is 5.91 Å². The van der Waals surface area contributed by atoms with Crippen molar-refractivity contribution in [3.63, 3.8) is 0 Å². The SMILES string of the molecule is CCOC1CCc2nc(C(=O)NC3COc4ccc(C(F)F)cc4C3)cn2C1. The predicted molar refractivity (Wildman–Crippen MR) is 97.8 cm³/mol. The van der Waals surface area contributed by atoms with E-state index < -0.39 is 6.43 Å². The molecule has 4 rings (SSSR count). The number of rotatable bonds is 5. The van der Waals surface area contributed by atoms with E-state index >= 15 is 0 Å². The average Bonchev–Trinajstić information content (AvgIpc) is 3.11. The molecule has 0 fully saturated rings. The average molecular weight is 391 g/mol. The number of carbonyl (C=O) groups excluding carboxylic acids is 1. The molecule has 0 aliphatic carbocycles. The van der Waals surface area contributed by atoms with Crippen LogP contribution in [0.15, 0.2) is 24.4 Å². The number of aromatic nitrogens is 2. The number of alkyl halides is 2. The first-order valence-corrected chi connectivity index (χ1v) is 9.55. The fourth-order valence-electron chi connectivity index (χ4n) is 3.80. The molecule has 28 heavy (non-hydrogen) atoms. The van der Waals surface area contributed by atoms with E-state index in [1.807, 2.05) is 11.5 Å². The van der Waals surface area contributed by atoms with Crippen molar-refractivity contribution in [1.29, 1.82) is 0 Å². The first kappa shape index (κ1) is 18.9. The van der Waals surface area contributed by atoms with Gasteiger partial charge in [0, 0.05) is 24.8 Å². The summed E-state index contributed by atoms with van der Waals surface area (Å²) in [5, 5.41) is 2.91. The largest absolute Gasteiger partial charge is 0.491 e. The van der Waals surface area contributed by atoms with Crippen LogP contribution >= 0.6 is 0 Å². The molecular weight excluding hydrogens is 368 g/mol. The minimum atomic E-state index is -2.53. The van der Waals surface area contributed by atoms with Crippen LogP contribution in [-0.2, 0) is 24.1 Å². The van der Waals surface area contributed by atoms with Gasteiger partial charge in [-0.25, -0.2) is 13.8 Å². The maximum absolute atomic E-state index is 12.9. The van der Waals surface area contributed by atoms with Gasteiger partial charge in [0.25, 0.3) is 12.3 Å². The fraction of sp³-hybridized carbons (Fsp3) is 0.500. The van der Waals surface area contributed by atoms with Crippen LogP contribution in [0.2, 0.25) is 0 Å². The van der Waals surface area contributed by atoms with Crippen molar-refractivity contribution in [2.75, 3.05) is 13.2 Å². The highest BCUT2D eigenvalue weighted by Gasteiger charge is 2.26. The lowest BCUT2D eigenvalue weighted by atomic mass is 10.00. The number of hydrogen-bond acceptors (Lipinski definition) is 4. The number of benzene rings is 1. The second-order valence-corrected chi connectivity index (χ2v) is 7.16. The van der Waals surface area contributed by atoms with Crippen LogP contribution in [0.5, 0.6) is 5.75 Å². The summed E-state index contributed by atoms with van der Waals surface area (Å²) in [7, 11) is 0. The van der Waals surface area contributed by atoms with Crippen LogP contribution in [0.1, 0.15) is 47.2 Å². The molecule has 1 N–H and O–H groups in total. The molecule has 0 spiro atoms. The highest BCUT2D eigenvalue weighted by molar-refractivity contribution is 5.92. The normalized spacial score (nSPS) is 21.0. The third-order valence-electron chi connectivity index (χ3n) is 5.16. The Morgan fingerprint density at radius 3 is 3.11 bits per heavy atom. The number of halogens is 2. The van der Waals surface area contributed by atoms with Crippen LogP contribution < -0.4 is 10.1 Å². The number of nitrogens with zero attached hydrogens (tertiary/aromatic N) is 2. The Kier molecular flexibility index (Phi) is 5.30. The monoisotopic (exact) mass is 391 g/mol. The van der Waals surface area contributed by atoms with Gasteiger partial charge in [-0.05, 0) is 43.5 Å². The minimum Gasteiger partial charge on any atom is -0.491 e. The van der Waals surface area contributed by atoms with Crippen LogP contribution in [0.4, 0.5) is 8.78 Å². The van der Waals surface area contributed by atoms with E-state index in [4.69, 9.17) is 9.47 Å². The Bertz CT molecular complexity index is 868. The zero-order valence-corrected chi connectivity index (χ0v) is 15.7. The van der Waals surface area contributed by atoms with Crippen LogP contribution in [0.25, 0.3) is 0 Å². The maximum atomic E-state index is 12.9. The van der Waals surface area contributed by atoms with Gasteiger partial charge in [0.05, 0.1) is 18.7 Å². The van der Waals surface area contributed by atoms with Gasteiger partial charge in [0.15, 0.2) is 0 Å². The van der Waals surface area contributed by atoms with Gasteiger partial charge in [-0.2, -0.15) is 0 Å². The molecule has 6 nitrogen and oxygen atoms in total. The van der Waals surface area contributed by atoms with E-state index in [0.29, 0.717) is 43.2 Å². The van der Waals surface area contributed by atoms with Crippen LogP contribution in [-0.4, -0.2) is 40.8 Å². The summed E-state index contributed by atoms with van der Waals surface area (Å²) >= 11 is 0. The molecule has 1 aromatic carbocycles. The third kappa shape index (κ3) is 3.87. The molecule has 0 bridgehead atoms. The molecule has 2 aliphatic heterocycles. The molecule has 150 valence electrons. The van der Waals surface area contributed by atoms with Crippen molar-refractivity contribution < 1.29 is 23.0 Å². The second-order valence-electron chi connectivity index (χ2n) is 7.16. The van der Waals surface area contributed by atoms with Gasteiger partial charge in [0.1, 0.15) is 23.9 Å². The Hall–Kier alpha value is -2.48. The lowest BCUT2D eigenvalue weighted by molar-refractivity contribution is 0.0363. The second kappa shape index (κ2) is 7.87. The highest BCUT2D eigenvalue weighted by Crippen LogP contribution is 2.29. The Morgan fingerprint density at radius 2 is 2.32 bits per heavy atom. The predicted octanol–water partition coefficient (Wildman–Crippen LogP) is 2.91. The van der Waals surface area contributed by atoms with Crippen molar-refractivity contribution in [2.24, 2.45) is 0 Å². The van der Waals surface area contributed by atoms with Crippen molar-refractivity contribution in [1.82, 2.24) is 14.9 Å². The smallest absolute Gasteiger partial charge is 0.271 e. The highest BCUT2D eigenvalue weighted by atomic mass is 19.3. The van der Waals surface area contributed by atoms with Gasteiger partial charge in [-0.1, -0.05) is 0 Å². The number of fused-ring (bicyclic) bond motifs is 2. The summed E-state index contributed by atoms with van der Waals surface area (Å²) in [6.45, 7) is 3.63. The van der Waals surface area contributed by atoms with Crippen molar-refractivity contribution in [2.45, 2.75) is 51.3 Å². The summed E-state index contributed by atoms with van der Waals surface area (Å²) in [4.78, 5) is 17.1. The zero-order chi connectivity index (χ0) is 19.7. The number of hydrogen-bond donors (Lipinski definition) is 1. The molecule has 8 heteroatoms. The molecule has 2 atom stereocenters. The summed E-state index contributed by atoms with van der Waals surface area (Å²) < 4.78 is 39.1. The number of carbonyl (C=O) groups is 1. The number of imidazole rings is 1. The van der Waals surface area contributed by atoms with E-state index in [0.717, 1.165) is 18.7 Å². The number of nitrogens with one attached hydrogen (secondary N) is 1. The van der Waals surface area contributed by atoms with Gasteiger partial charge in [-0.15, -0.1) is 0 Å². The third-order valence-corrected chi connectivity index (χ3v) is 5.16. The number of aryl methyl sites for hydroxylation is 1. The lowest BCUT2D eigenvalue weighted by Crippen LogP contribution is -2.42. The molecule has 1 aromatic heterocycles.